The molecule has 1 aromatic carbocycles. The van der Waals surface area contributed by atoms with E-state index >= 15 is 0 Å². The van der Waals surface area contributed by atoms with Gasteiger partial charge in [-0.25, -0.2) is 4.98 Å². The monoisotopic (exact) mass is 373 g/mol. The van der Waals surface area contributed by atoms with Gasteiger partial charge in [-0.05, 0) is 48.1 Å². The number of nitrogens with zero attached hydrogens (tertiary/aromatic N) is 2. The van der Waals surface area contributed by atoms with Crippen LogP contribution in [0.25, 0.3) is 6.08 Å². The highest BCUT2D eigenvalue weighted by atomic mass is 16.2. The van der Waals surface area contributed by atoms with Crippen molar-refractivity contribution in [2.45, 2.75) is 25.7 Å². The van der Waals surface area contributed by atoms with Gasteiger partial charge in [-0.15, -0.1) is 0 Å². The summed E-state index contributed by atoms with van der Waals surface area (Å²) >= 11 is 0. The van der Waals surface area contributed by atoms with Crippen molar-refractivity contribution in [3.05, 3.63) is 77.0 Å². The summed E-state index contributed by atoms with van der Waals surface area (Å²) in [5, 5.41) is 2.77. The highest BCUT2D eigenvalue weighted by Crippen LogP contribution is 2.21. The number of aromatic nitrogens is 1. The molecule has 0 bridgehead atoms. The highest BCUT2D eigenvalue weighted by Gasteiger charge is 2.17. The molecule has 5 nitrogen and oxygen atoms in total. The first kappa shape index (κ1) is 18.2. The number of amides is 2. The number of carbonyl (C=O) groups excluding carboxylic acids is 2. The van der Waals surface area contributed by atoms with Crippen molar-refractivity contribution in [3.8, 4) is 0 Å². The van der Waals surface area contributed by atoms with E-state index in [1.54, 1.807) is 18.3 Å². The Kier molecular flexibility index (Phi) is 5.33. The fourth-order valence-corrected chi connectivity index (χ4v) is 3.57. The van der Waals surface area contributed by atoms with E-state index in [-0.39, 0.29) is 11.8 Å². The van der Waals surface area contributed by atoms with Crippen LogP contribution in [0.15, 0.2) is 60.3 Å². The van der Waals surface area contributed by atoms with Gasteiger partial charge in [0, 0.05) is 31.8 Å². The molecule has 5 heteroatoms. The van der Waals surface area contributed by atoms with Crippen LogP contribution in [-0.4, -0.2) is 34.8 Å². The van der Waals surface area contributed by atoms with Gasteiger partial charge in [0.2, 0.25) is 11.8 Å². The number of nitrogens with one attached hydrogen (secondary N) is 1. The molecule has 0 spiro atoms. The second-order valence-electron chi connectivity index (χ2n) is 7.22. The lowest BCUT2D eigenvalue weighted by Crippen LogP contribution is -2.33. The van der Waals surface area contributed by atoms with E-state index in [2.05, 4.69) is 40.6 Å². The standard InChI is InChI=1S/C23H23N3O2/c27-21-8-7-20-15-19(16-24-23(20)25-21)6-9-22(28)26-12-10-18(11-13-26)14-17-4-2-1-3-5-17/h1-6,9-10,15-16H,7-8,11-14H2,(H,24,25,27)/b9-6+. The number of rotatable bonds is 4. The van der Waals surface area contributed by atoms with Gasteiger partial charge in [-0.2, -0.15) is 0 Å². The summed E-state index contributed by atoms with van der Waals surface area (Å²) in [6, 6.07) is 12.4. The smallest absolute Gasteiger partial charge is 0.246 e. The van der Waals surface area contributed by atoms with E-state index in [4.69, 9.17) is 0 Å². The highest BCUT2D eigenvalue weighted by molar-refractivity contribution is 5.94. The van der Waals surface area contributed by atoms with E-state index in [0.717, 1.165) is 30.5 Å². The third kappa shape index (κ3) is 4.36. The number of pyridine rings is 1. The molecule has 28 heavy (non-hydrogen) atoms. The van der Waals surface area contributed by atoms with Crippen molar-refractivity contribution in [2.75, 3.05) is 18.4 Å². The van der Waals surface area contributed by atoms with E-state index in [1.165, 1.54) is 11.1 Å². The lowest BCUT2D eigenvalue weighted by Gasteiger charge is -2.25. The summed E-state index contributed by atoms with van der Waals surface area (Å²) < 4.78 is 0. The maximum absolute atomic E-state index is 12.5. The van der Waals surface area contributed by atoms with E-state index in [0.29, 0.717) is 25.2 Å². The average molecular weight is 373 g/mol. The van der Waals surface area contributed by atoms with Crippen molar-refractivity contribution in [2.24, 2.45) is 0 Å². The zero-order valence-corrected chi connectivity index (χ0v) is 15.7. The third-order valence-corrected chi connectivity index (χ3v) is 5.17. The van der Waals surface area contributed by atoms with Gasteiger partial charge < -0.3 is 10.2 Å². The molecule has 3 heterocycles. The van der Waals surface area contributed by atoms with Gasteiger partial charge in [-0.3, -0.25) is 9.59 Å². The van der Waals surface area contributed by atoms with Crippen LogP contribution >= 0.6 is 0 Å². The number of hydrogen-bond donors (Lipinski definition) is 1. The molecule has 1 aromatic heterocycles. The predicted octanol–water partition coefficient (Wildman–Crippen LogP) is 3.38. The molecule has 4 rings (SSSR count). The zero-order chi connectivity index (χ0) is 19.3. The Labute approximate surface area is 164 Å². The zero-order valence-electron chi connectivity index (χ0n) is 15.7. The maximum atomic E-state index is 12.5. The fourth-order valence-electron chi connectivity index (χ4n) is 3.57. The van der Waals surface area contributed by atoms with Crippen LogP contribution in [0, 0.1) is 0 Å². The molecule has 2 aliphatic rings. The minimum absolute atomic E-state index is 0.00302. The molecule has 2 aliphatic heterocycles. The molecule has 0 saturated carbocycles. The molecule has 2 amide bonds. The molecule has 0 fully saturated rings. The van der Waals surface area contributed by atoms with Crippen molar-refractivity contribution in [1.29, 1.82) is 0 Å². The summed E-state index contributed by atoms with van der Waals surface area (Å²) in [5.41, 5.74) is 4.59. The molecule has 142 valence electrons. The van der Waals surface area contributed by atoms with Gasteiger partial charge in [0.1, 0.15) is 5.82 Å². The van der Waals surface area contributed by atoms with Crippen LogP contribution in [0.5, 0.6) is 0 Å². The lowest BCUT2D eigenvalue weighted by atomic mass is 9.99. The number of aryl methyl sites for hydroxylation is 1. The van der Waals surface area contributed by atoms with Gasteiger partial charge in [0.15, 0.2) is 0 Å². The first-order chi connectivity index (χ1) is 13.7. The van der Waals surface area contributed by atoms with Crippen molar-refractivity contribution < 1.29 is 9.59 Å². The van der Waals surface area contributed by atoms with E-state index in [9.17, 15) is 9.59 Å². The van der Waals surface area contributed by atoms with Crippen LogP contribution in [-0.2, 0) is 22.4 Å². The normalized spacial score (nSPS) is 16.5. The summed E-state index contributed by atoms with van der Waals surface area (Å²) in [6.45, 7) is 1.40. The minimum Gasteiger partial charge on any atom is -0.335 e. The van der Waals surface area contributed by atoms with Crippen LogP contribution in [0.1, 0.15) is 29.5 Å². The summed E-state index contributed by atoms with van der Waals surface area (Å²) in [4.78, 5) is 30.1. The number of anilines is 1. The number of fused-ring (bicyclic) bond motifs is 1. The van der Waals surface area contributed by atoms with Gasteiger partial charge in [-0.1, -0.05) is 42.0 Å². The average Bonchev–Trinajstić information content (AvgIpc) is 2.73. The largest absolute Gasteiger partial charge is 0.335 e. The Bertz CT molecular complexity index is 948. The van der Waals surface area contributed by atoms with Crippen molar-refractivity contribution >= 4 is 23.7 Å². The van der Waals surface area contributed by atoms with E-state index in [1.807, 2.05) is 17.0 Å². The summed E-state index contributed by atoms with van der Waals surface area (Å²) in [5.74, 6) is 0.649. The summed E-state index contributed by atoms with van der Waals surface area (Å²) in [7, 11) is 0. The summed E-state index contributed by atoms with van der Waals surface area (Å²) in [6.07, 6.45) is 10.3. The number of benzene rings is 1. The van der Waals surface area contributed by atoms with Gasteiger partial charge in [0.25, 0.3) is 0 Å². The van der Waals surface area contributed by atoms with Gasteiger partial charge in [0.05, 0.1) is 0 Å². The quantitative estimate of drug-likeness (QED) is 0.660. The Morgan fingerprint density at radius 3 is 2.82 bits per heavy atom. The topological polar surface area (TPSA) is 62.3 Å². The van der Waals surface area contributed by atoms with Crippen LogP contribution in [0.2, 0.25) is 0 Å². The molecular formula is C23H23N3O2. The maximum Gasteiger partial charge on any atom is 0.246 e. The Morgan fingerprint density at radius 1 is 1.18 bits per heavy atom. The number of carbonyl (C=O) groups is 2. The first-order valence-electron chi connectivity index (χ1n) is 9.65. The fraction of sp³-hybridized carbons (Fsp3) is 0.261. The van der Waals surface area contributed by atoms with E-state index < -0.39 is 0 Å². The van der Waals surface area contributed by atoms with Crippen LogP contribution in [0.4, 0.5) is 5.82 Å². The van der Waals surface area contributed by atoms with Crippen molar-refractivity contribution in [1.82, 2.24) is 9.88 Å². The minimum atomic E-state index is 0.00302. The number of hydrogen-bond acceptors (Lipinski definition) is 3. The first-order valence-corrected chi connectivity index (χ1v) is 9.65. The molecule has 0 saturated heterocycles. The molecule has 0 unspecified atom stereocenters. The third-order valence-electron chi connectivity index (χ3n) is 5.17. The predicted molar refractivity (Wildman–Crippen MR) is 110 cm³/mol. The SMILES string of the molecule is O=C1CCc2cc(/C=C/C(=O)N3CC=C(Cc4ccccc4)CC3)cnc2N1. The molecule has 0 radical (unpaired) electrons. The molecule has 1 N–H and O–H groups in total. The van der Waals surface area contributed by atoms with Crippen molar-refractivity contribution in [3.63, 3.8) is 0 Å². The Hall–Kier alpha value is -3.21. The Balaban J connectivity index is 1.35. The molecular weight excluding hydrogens is 350 g/mol. The molecule has 0 aliphatic carbocycles. The Morgan fingerprint density at radius 2 is 2.04 bits per heavy atom. The molecule has 2 aromatic rings. The van der Waals surface area contributed by atoms with Gasteiger partial charge >= 0.3 is 0 Å². The second kappa shape index (κ2) is 8.21. The molecule has 0 atom stereocenters. The van der Waals surface area contributed by atoms with Crippen LogP contribution in [0.3, 0.4) is 0 Å². The lowest BCUT2D eigenvalue weighted by molar-refractivity contribution is -0.125. The van der Waals surface area contributed by atoms with Crippen LogP contribution < -0.4 is 5.32 Å². The second-order valence-corrected chi connectivity index (χ2v) is 7.22.